The average molecular weight is 411 g/mol. The monoisotopic (exact) mass is 410 g/mol. The number of ether oxygens (including phenoxy) is 2. The number of hydrogen-bond acceptors (Lipinski definition) is 6. The summed E-state index contributed by atoms with van der Waals surface area (Å²) in [7, 11) is 0. The van der Waals surface area contributed by atoms with Crippen LogP contribution in [0.1, 0.15) is 11.1 Å². The van der Waals surface area contributed by atoms with Crippen LogP contribution in [0.5, 0.6) is 5.75 Å². The van der Waals surface area contributed by atoms with Gasteiger partial charge in [0.15, 0.2) is 5.16 Å². The summed E-state index contributed by atoms with van der Waals surface area (Å²) in [6.45, 7) is 7.86. The summed E-state index contributed by atoms with van der Waals surface area (Å²) in [6, 6.07) is 16.6. The molecule has 1 aliphatic rings. The molecule has 152 valence electrons. The van der Waals surface area contributed by atoms with E-state index in [9.17, 15) is 0 Å². The van der Waals surface area contributed by atoms with Crippen molar-refractivity contribution in [1.82, 2.24) is 14.8 Å². The second kappa shape index (κ2) is 9.33. The summed E-state index contributed by atoms with van der Waals surface area (Å²) in [6.07, 6.45) is 0. The van der Waals surface area contributed by atoms with Crippen molar-refractivity contribution >= 4 is 17.7 Å². The van der Waals surface area contributed by atoms with Crippen LogP contribution in [0.25, 0.3) is 5.69 Å². The van der Waals surface area contributed by atoms with Crippen molar-refractivity contribution in [3.05, 3.63) is 59.7 Å². The third-order valence-electron chi connectivity index (χ3n) is 4.74. The van der Waals surface area contributed by atoms with Gasteiger partial charge in [0.25, 0.3) is 0 Å². The molecule has 0 N–H and O–H groups in total. The highest BCUT2D eigenvalue weighted by atomic mass is 32.2. The molecule has 0 unspecified atom stereocenters. The maximum absolute atomic E-state index is 5.89. The number of anilines is 1. The molecule has 6 nitrogen and oxygen atoms in total. The van der Waals surface area contributed by atoms with E-state index in [0.29, 0.717) is 19.8 Å². The predicted octanol–water partition coefficient (Wildman–Crippen LogP) is 3.89. The Morgan fingerprint density at radius 2 is 1.76 bits per heavy atom. The fraction of sp³-hybridized carbons (Fsp3) is 0.364. The molecular formula is C22H26N4O2S. The van der Waals surface area contributed by atoms with E-state index in [0.717, 1.165) is 41.4 Å². The van der Waals surface area contributed by atoms with Crippen molar-refractivity contribution in [2.75, 3.05) is 43.6 Å². The molecule has 2 heterocycles. The van der Waals surface area contributed by atoms with Crippen LogP contribution in [0, 0.1) is 13.8 Å². The number of rotatable bonds is 7. The number of hydrogen-bond donors (Lipinski definition) is 0. The predicted molar refractivity (Wildman–Crippen MR) is 117 cm³/mol. The Morgan fingerprint density at radius 3 is 2.52 bits per heavy atom. The lowest BCUT2D eigenvalue weighted by molar-refractivity contribution is 0.122. The second-order valence-electron chi connectivity index (χ2n) is 7.07. The quantitative estimate of drug-likeness (QED) is 0.435. The summed E-state index contributed by atoms with van der Waals surface area (Å²) >= 11 is 1.66. The van der Waals surface area contributed by atoms with Crippen molar-refractivity contribution in [1.29, 1.82) is 0 Å². The van der Waals surface area contributed by atoms with E-state index in [4.69, 9.17) is 9.47 Å². The third-order valence-corrected chi connectivity index (χ3v) is 5.64. The Bertz CT molecular complexity index is 953. The van der Waals surface area contributed by atoms with E-state index >= 15 is 0 Å². The fourth-order valence-corrected chi connectivity index (χ4v) is 4.08. The first-order valence-corrected chi connectivity index (χ1v) is 10.9. The Morgan fingerprint density at radius 1 is 1.00 bits per heavy atom. The molecule has 0 spiro atoms. The molecule has 1 aliphatic heterocycles. The SMILES string of the molecule is Cc1cccc(OCCSc2nnc(N3CCOCC3)n2-c2cccc(C)c2)c1. The molecule has 0 atom stereocenters. The van der Waals surface area contributed by atoms with Crippen molar-refractivity contribution in [2.24, 2.45) is 0 Å². The van der Waals surface area contributed by atoms with Gasteiger partial charge in [-0.15, -0.1) is 10.2 Å². The van der Waals surface area contributed by atoms with Gasteiger partial charge in [-0.3, -0.25) is 4.57 Å². The molecule has 3 aromatic rings. The molecular weight excluding hydrogens is 384 g/mol. The van der Waals surface area contributed by atoms with Crippen LogP contribution in [0.4, 0.5) is 5.95 Å². The molecule has 29 heavy (non-hydrogen) atoms. The van der Waals surface area contributed by atoms with Gasteiger partial charge in [0.2, 0.25) is 5.95 Å². The minimum absolute atomic E-state index is 0.613. The van der Waals surface area contributed by atoms with Gasteiger partial charge in [0.1, 0.15) is 5.75 Å². The third kappa shape index (κ3) is 4.92. The standard InChI is InChI=1S/C22H26N4O2S/c1-17-5-3-7-19(15-17)26-21(25-9-11-27-12-10-25)23-24-22(26)29-14-13-28-20-8-4-6-18(2)16-20/h3-8,15-16H,9-14H2,1-2H3. The van der Waals surface area contributed by atoms with Crippen LogP contribution >= 0.6 is 11.8 Å². The Hall–Kier alpha value is -2.51. The summed E-state index contributed by atoms with van der Waals surface area (Å²) in [4.78, 5) is 2.24. The van der Waals surface area contributed by atoms with Crippen molar-refractivity contribution < 1.29 is 9.47 Å². The normalized spacial score (nSPS) is 14.2. The molecule has 4 rings (SSSR count). The van der Waals surface area contributed by atoms with Crippen molar-refractivity contribution in [2.45, 2.75) is 19.0 Å². The first-order valence-electron chi connectivity index (χ1n) is 9.88. The van der Waals surface area contributed by atoms with Crippen LogP contribution in [-0.4, -0.2) is 53.4 Å². The second-order valence-corrected chi connectivity index (χ2v) is 8.13. The summed E-state index contributed by atoms with van der Waals surface area (Å²) in [5, 5.41) is 9.89. The largest absolute Gasteiger partial charge is 0.493 e. The van der Waals surface area contributed by atoms with E-state index in [-0.39, 0.29) is 0 Å². The number of thioether (sulfide) groups is 1. The molecule has 2 aromatic carbocycles. The first-order chi connectivity index (χ1) is 14.2. The van der Waals surface area contributed by atoms with E-state index in [2.05, 4.69) is 69.9 Å². The van der Waals surface area contributed by atoms with E-state index in [1.54, 1.807) is 11.8 Å². The highest BCUT2D eigenvalue weighted by Crippen LogP contribution is 2.27. The van der Waals surface area contributed by atoms with Crippen LogP contribution in [0.2, 0.25) is 0 Å². The highest BCUT2D eigenvalue weighted by molar-refractivity contribution is 7.99. The average Bonchev–Trinajstić information content (AvgIpc) is 3.16. The zero-order valence-electron chi connectivity index (χ0n) is 16.9. The van der Waals surface area contributed by atoms with E-state index in [1.807, 2.05) is 12.1 Å². The lowest BCUT2D eigenvalue weighted by atomic mass is 10.2. The topological polar surface area (TPSA) is 52.4 Å². The van der Waals surface area contributed by atoms with Crippen LogP contribution in [-0.2, 0) is 4.74 Å². The molecule has 1 fully saturated rings. The molecule has 0 saturated carbocycles. The number of aromatic nitrogens is 3. The molecule has 0 bridgehead atoms. The minimum atomic E-state index is 0.613. The number of benzene rings is 2. The van der Waals surface area contributed by atoms with Gasteiger partial charge in [0.05, 0.1) is 25.5 Å². The van der Waals surface area contributed by atoms with Crippen LogP contribution in [0.15, 0.2) is 53.7 Å². The van der Waals surface area contributed by atoms with Gasteiger partial charge in [-0.1, -0.05) is 36.0 Å². The van der Waals surface area contributed by atoms with Crippen LogP contribution < -0.4 is 9.64 Å². The Labute approximate surface area is 175 Å². The molecule has 1 saturated heterocycles. The van der Waals surface area contributed by atoms with E-state index in [1.165, 1.54) is 11.1 Å². The van der Waals surface area contributed by atoms with Gasteiger partial charge in [-0.05, 0) is 49.2 Å². The lowest BCUT2D eigenvalue weighted by Crippen LogP contribution is -2.37. The smallest absolute Gasteiger partial charge is 0.232 e. The Kier molecular flexibility index (Phi) is 6.36. The van der Waals surface area contributed by atoms with Gasteiger partial charge in [-0.2, -0.15) is 0 Å². The van der Waals surface area contributed by atoms with Gasteiger partial charge >= 0.3 is 0 Å². The molecule has 0 aliphatic carbocycles. The molecule has 0 amide bonds. The van der Waals surface area contributed by atoms with Crippen molar-refractivity contribution in [3.63, 3.8) is 0 Å². The van der Waals surface area contributed by atoms with Crippen molar-refractivity contribution in [3.8, 4) is 11.4 Å². The fourth-order valence-electron chi connectivity index (χ4n) is 3.31. The van der Waals surface area contributed by atoms with Crippen LogP contribution in [0.3, 0.4) is 0 Å². The summed E-state index contributed by atoms with van der Waals surface area (Å²) in [5.74, 6) is 2.57. The highest BCUT2D eigenvalue weighted by Gasteiger charge is 2.21. The zero-order chi connectivity index (χ0) is 20.1. The number of nitrogens with zero attached hydrogens (tertiary/aromatic N) is 4. The number of aryl methyl sites for hydroxylation is 2. The van der Waals surface area contributed by atoms with Gasteiger partial charge in [-0.25, -0.2) is 0 Å². The molecule has 1 aromatic heterocycles. The van der Waals surface area contributed by atoms with E-state index < -0.39 is 0 Å². The first kappa shape index (κ1) is 19.8. The Balaban J connectivity index is 1.50. The summed E-state index contributed by atoms with van der Waals surface area (Å²) < 4.78 is 13.5. The summed E-state index contributed by atoms with van der Waals surface area (Å²) in [5.41, 5.74) is 3.49. The van der Waals surface area contributed by atoms with Gasteiger partial charge in [0, 0.05) is 18.8 Å². The zero-order valence-corrected chi connectivity index (χ0v) is 17.7. The maximum Gasteiger partial charge on any atom is 0.232 e. The maximum atomic E-state index is 5.89. The van der Waals surface area contributed by atoms with Gasteiger partial charge < -0.3 is 14.4 Å². The number of morpholine rings is 1. The molecule has 0 radical (unpaired) electrons. The molecule has 7 heteroatoms. The minimum Gasteiger partial charge on any atom is -0.493 e. The lowest BCUT2D eigenvalue weighted by Gasteiger charge is -2.28.